The molecule has 290 valence electrons. The normalized spacial score (nSPS) is 13.4. The molecule has 0 saturated heterocycles. The summed E-state index contributed by atoms with van der Waals surface area (Å²) in [4.78, 5) is 35.6. The maximum Gasteiger partial charge on any atom is 0.303 e. The number of allylic oxidation sites excluding steroid dienone is 4. The van der Waals surface area contributed by atoms with Crippen LogP contribution in [0.15, 0.2) is 103 Å². The van der Waals surface area contributed by atoms with E-state index in [-0.39, 0.29) is 31.2 Å². The number of amides is 1. The molecular weight excluding hydrogens is 705 g/mol. The van der Waals surface area contributed by atoms with Gasteiger partial charge < -0.3 is 34.5 Å². The highest BCUT2D eigenvalue weighted by atomic mass is 19.1. The first kappa shape index (κ1) is 40.3. The number of carbonyl (C=O) groups is 3. The third-order valence-corrected chi connectivity index (χ3v) is 9.19. The van der Waals surface area contributed by atoms with Crippen LogP contribution in [0.25, 0.3) is 5.76 Å². The van der Waals surface area contributed by atoms with Crippen molar-refractivity contribution in [2.45, 2.75) is 77.0 Å². The van der Waals surface area contributed by atoms with Crippen LogP contribution in [0, 0.1) is 5.82 Å². The van der Waals surface area contributed by atoms with Gasteiger partial charge >= 0.3 is 11.9 Å². The van der Waals surface area contributed by atoms with Gasteiger partial charge in [-0.05, 0) is 110 Å². The molecule has 0 aromatic heterocycles. The van der Waals surface area contributed by atoms with Crippen LogP contribution in [0.4, 0.5) is 4.39 Å². The van der Waals surface area contributed by atoms with E-state index in [1.54, 1.807) is 30.5 Å². The Labute approximate surface area is 321 Å². The zero-order valence-electron chi connectivity index (χ0n) is 30.9. The Morgan fingerprint density at radius 3 is 2.36 bits per heavy atom. The summed E-state index contributed by atoms with van der Waals surface area (Å²) in [6, 6.07) is 17.2. The number of nitrogens with one attached hydrogen (secondary N) is 1. The first-order chi connectivity index (χ1) is 26.7. The van der Waals surface area contributed by atoms with Crippen molar-refractivity contribution in [3.8, 4) is 11.5 Å². The van der Waals surface area contributed by atoms with E-state index in [0.29, 0.717) is 66.6 Å². The topological polar surface area (TPSA) is 141 Å². The summed E-state index contributed by atoms with van der Waals surface area (Å²) in [6.45, 7) is 1.04. The minimum absolute atomic E-state index is 0.00643. The van der Waals surface area contributed by atoms with Crippen LogP contribution >= 0.6 is 0 Å². The molecule has 2 aliphatic rings. The number of aliphatic carboxylic acids is 2. The molecule has 0 fully saturated rings. The van der Waals surface area contributed by atoms with E-state index >= 15 is 0 Å². The lowest BCUT2D eigenvalue weighted by Crippen LogP contribution is -2.26. The second-order valence-electron chi connectivity index (χ2n) is 13.4. The first-order valence-electron chi connectivity index (χ1n) is 18.8. The predicted octanol–water partition coefficient (Wildman–Crippen LogP) is 8.70. The number of rotatable bonds is 22. The largest absolute Gasteiger partial charge is 0.494 e. The van der Waals surface area contributed by atoms with Crippen molar-refractivity contribution >= 4 is 23.6 Å². The number of aryl methyl sites for hydroxylation is 1. The quantitative estimate of drug-likeness (QED) is 0.0860. The Balaban J connectivity index is 1.17. The molecule has 0 radical (unpaired) electrons. The molecule has 0 saturated carbocycles. The first-order valence-corrected chi connectivity index (χ1v) is 18.8. The van der Waals surface area contributed by atoms with Crippen molar-refractivity contribution in [3.63, 3.8) is 0 Å². The van der Waals surface area contributed by atoms with Gasteiger partial charge in [-0.1, -0.05) is 55.3 Å². The van der Waals surface area contributed by atoms with Crippen molar-refractivity contribution in [2.75, 3.05) is 19.8 Å². The summed E-state index contributed by atoms with van der Waals surface area (Å²) in [7, 11) is 0. The smallest absolute Gasteiger partial charge is 0.303 e. The number of benzene rings is 3. The molecule has 3 aromatic carbocycles. The van der Waals surface area contributed by atoms with Gasteiger partial charge in [0.25, 0.3) is 5.91 Å². The molecule has 1 aliphatic carbocycles. The van der Waals surface area contributed by atoms with Gasteiger partial charge in [0, 0.05) is 30.5 Å². The monoisotopic (exact) mass is 753 g/mol. The van der Waals surface area contributed by atoms with Crippen LogP contribution in [0.5, 0.6) is 11.5 Å². The Hall–Kier alpha value is -5.84. The zero-order valence-corrected chi connectivity index (χ0v) is 30.9. The molecule has 0 spiro atoms. The SMILES string of the molecule is O=C(O)CCCOc1cccc(CCCCCCOc2cc(C(=O)NCCc3ccc(F)cc3)cc(C3=COC=C(C4=CC=CCC4)O3)c2)c1CCC(=O)O. The lowest BCUT2D eigenvalue weighted by Gasteiger charge is -2.20. The van der Waals surface area contributed by atoms with Gasteiger partial charge in [0.1, 0.15) is 29.8 Å². The Kier molecular flexibility index (Phi) is 15.5. The summed E-state index contributed by atoms with van der Waals surface area (Å²) in [5.74, 6) is -0.164. The summed E-state index contributed by atoms with van der Waals surface area (Å²) in [5.41, 5.74) is 4.85. The van der Waals surface area contributed by atoms with Crippen molar-refractivity contribution in [1.29, 1.82) is 0 Å². The van der Waals surface area contributed by atoms with Crippen LogP contribution in [-0.4, -0.2) is 47.8 Å². The Morgan fingerprint density at radius 1 is 0.800 bits per heavy atom. The van der Waals surface area contributed by atoms with Crippen molar-refractivity contribution < 1.29 is 47.9 Å². The molecular formula is C44H48FNO9. The van der Waals surface area contributed by atoms with E-state index < -0.39 is 11.9 Å². The molecule has 1 heterocycles. The zero-order chi connectivity index (χ0) is 38.8. The number of halogens is 1. The van der Waals surface area contributed by atoms with Crippen molar-refractivity contribution in [1.82, 2.24) is 5.32 Å². The van der Waals surface area contributed by atoms with Gasteiger partial charge in [0.2, 0.25) is 0 Å². The number of hydrogen-bond acceptors (Lipinski definition) is 7. The lowest BCUT2D eigenvalue weighted by atomic mass is 9.97. The van der Waals surface area contributed by atoms with Gasteiger partial charge in [-0.15, -0.1) is 0 Å². The van der Waals surface area contributed by atoms with Gasteiger partial charge in [-0.3, -0.25) is 14.4 Å². The molecule has 55 heavy (non-hydrogen) atoms. The fourth-order valence-electron chi connectivity index (χ4n) is 6.29. The van der Waals surface area contributed by atoms with Gasteiger partial charge in [0.05, 0.1) is 13.2 Å². The average Bonchev–Trinajstić information content (AvgIpc) is 3.19. The summed E-state index contributed by atoms with van der Waals surface area (Å²) in [6.07, 6.45) is 16.4. The third kappa shape index (κ3) is 13.2. The molecule has 3 aromatic rings. The molecule has 5 rings (SSSR count). The Morgan fingerprint density at radius 2 is 1.58 bits per heavy atom. The number of carboxylic acids is 2. The van der Waals surface area contributed by atoms with E-state index in [4.69, 9.17) is 24.1 Å². The molecule has 3 N–H and O–H groups in total. The van der Waals surface area contributed by atoms with Crippen LogP contribution in [0.3, 0.4) is 0 Å². The molecule has 0 unspecified atom stereocenters. The van der Waals surface area contributed by atoms with Crippen molar-refractivity contribution in [3.05, 3.63) is 136 Å². The van der Waals surface area contributed by atoms with Gasteiger partial charge in [0.15, 0.2) is 11.5 Å². The molecule has 0 atom stereocenters. The third-order valence-electron chi connectivity index (χ3n) is 9.19. The summed E-state index contributed by atoms with van der Waals surface area (Å²) < 4.78 is 37.3. The standard InChI is InChI=1S/C44H48FNO9/c45-36-18-16-31(17-19-36)22-23-46-44(51)35-26-34(41-30-52-29-40(55-41)33-11-5-3-6-12-33)27-37(28-35)53-24-7-2-1-4-10-32-13-8-14-39(38(32)20-21-43(49)50)54-25-9-15-42(47)48/h3,5,8,11,13-14,16-19,26-30H,1-2,4,6-7,9-10,12,15,20-25H2,(H,46,51)(H,47,48)(H,49,50). The molecule has 1 amide bonds. The fourth-order valence-corrected chi connectivity index (χ4v) is 6.29. The van der Waals surface area contributed by atoms with E-state index in [9.17, 15) is 23.9 Å². The minimum Gasteiger partial charge on any atom is -0.494 e. The highest BCUT2D eigenvalue weighted by Gasteiger charge is 2.19. The van der Waals surface area contributed by atoms with E-state index in [0.717, 1.165) is 67.2 Å². The summed E-state index contributed by atoms with van der Waals surface area (Å²) >= 11 is 0. The second kappa shape index (κ2) is 21.2. The Bertz CT molecular complexity index is 1910. The second-order valence-corrected chi connectivity index (χ2v) is 13.4. The maximum absolute atomic E-state index is 13.4. The van der Waals surface area contributed by atoms with Gasteiger partial charge in [-0.2, -0.15) is 0 Å². The van der Waals surface area contributed by atoms with Crippen LogP contribution < -0.4 is 14.8 Å². The number of carboxylic acid groups (broad SMARTS) is 2. The number of unbranched alkanes of at least 4 members (excludes halogenated alkanes) is 3. The van der Waals surface area contributed by atoms with Gasteiger partial charge in [-0.25, -0.2) is 4.39 Å². The minimum atomic E-state index is -0.889. The van der Waals surface area contributed by atoms with Crippen LogP contribution in [0.1, 0.15) is 90.4 Å². The molecule has 11 heteroatoms. The number of ether oxygens (including phenoxy) is 4. The van der Waals surface area contributed by atoms with E-state index in [1.807, 2.05) is 36.4 Å². The van der Waals surface area contributed by atoms with Crippen LogP contribution in [0.2, 0.25) is 0 Å². The van der Waals surface area contributed by atoms with E-state index in [1.165, 1.54) is 18.4 Å². The fraction of sp³-hybridized carbons (Fsp3) is 0.341. The number of carbonyl (C=O) groups excluding carboxylic acids is 1. The highest BCUT2D eigenvalue weighted by Crippen LogP contribution is 2.33. The molecule has 1 aliphatic heterocycles. The average molecular weight is 754 g/mol. The lowest BCUT2D eigenvalue weighted by molar-refractivity contribution is -0.138. The molecule has 0 bridgehead atoms. The highest BCUT2D eigenvalue weighted by molar-refractivity contribution is 5.95. The number of hydrogen-bond donors (Lipinski definition) is 3. The summed E-state index contributed by atoms with van der Waals surface area (Å²) in [5, 5.41) is 21.2. The van der Waals surface area contributed by atoms with Crippen LogP contribution in [-0.2, 0) is 38.3 Å². The predicted molar refractivity (Wildman–Crippen MR) is 206 cm³/mol. The van der Waals surface area contributed by atoms with E-state index in [2.05, 4.69) is 11.4 Å². The maximum atomic E-state index is 13.4. The molecule has 10 nitrogen and oxygen atoms in total. The van der Waals surface area contributed by atoms with Crippen molar-refractivity contribution in [2.24, 2.45) is 0 Å².